The summed E-state index contributed by atoms with van der Waals surface area (Å²) in [6.07, 6.45) is 7.59. The molecule has 2 aliphatic rings. The van der Waals surface area contributed by atoms with Crippen LogP contribution < -0.4 is 22.3 Å². The number of amides is 1. The number of aryl methyl sites for hydroxylation is 1. The van der Waals surface area contributed by atoms with E-state index in [4.69, 9.17) is 11.5 Å². The summed E-state index contributed by atoms with van der Waals surface area (Å²) in [6, 6.07) is 1.76. The van der Waals surface area contributed by atoms with Crippen LogP contribution in [0.5, 0.6) is 0 Å². The Balaban J connectivity index is 2.09. The molecule has 1 aliphatic heterocycles. The minimum Gasteiger partial charge on any atom is -0.394 e. The number of nitrogens with one attached hydrogen (secondary N) is 1. The molecule has 2 heterocycles. The summed E-state index contributed by atoms with van der Waals surface area (Å²) in [7, 11) is 0. The first-order valence-electron chi connectivity index (χ1n) is 10.3. The molecule has 5 N–H and O–H groups in total. The number of carbonyl (C=O) groups excluding carboxylic acids is 1. The molecule has 1 fully saturated rings. The molecule has 156 valence electrons. The molecule has 3 rings (SSSR count). The van der Waals surface area contributed by atoms with Crippen molar-refractivity contribution in [1.82, 2.24) is 9.88 Å². The molecule has 1 aromatic rings. The van der Waals surface area contributed by atoms with Gasteiger partial charge in [-0.1, -0.05) is 38.7 Å². The number of anilines is 1. The summed E-state index contributed by atoms with van der Waals surface area (Å²) in [5, 5.41) is 2.65. The van der Waals surface area contributed by atoms with Crippen molar-refractivity contribution in [3.63, 3.8) is 0 Å². The first kappa shape index (κ1) is 20.9. The third-order valence-corrected chi connectivity index (χ3v) is 6.09. The standard InChI is InChI=1S/C22H31N5O2/c1-13-9-17(10-16-7-5-4-6-8-16)19(23)22(29)27(13)20-18(11-25-12-28)14(2)15(3)26-21(20)24/h9,12,15-16H,2,4-8,10-11,23H2,1,3H3,(H2,24,26)(H,25,28). The SMILES string of the molecule is C=C1C(CNC=O)=C(n2c(C)cc(CC3CCCCC3)c(N)c2=O)C(N)=NC1C. The molecule has 0 bridgehead atoms. The molecule has 1 aliphatic carbocycles. The number of amidine groups is 1. The van der Waals surface area contributed by atoms with E-state index in [1.807, 2.05) is 19.9 Å². The monoisotopic (exact) mass is 397 g/mol. The minimum atomic E-state index is -0.296. The van der Waals surface area contributed by atoms with Crippen molar-refractivity contribution in [2.45, 2.75) is 58.4 Å². The molecular formula is C22H31N5O2. The van der Waals surface area contributed by atoms with Gasteiger partial charge in [-0.05, 0) is 43.4 Å². The van der Waals surface area contributed by atoms with Gasteiger partial charge in [0.05, 0.1) is 11.7 Å². The maximum atomic E-state index is 13.3. The normalized spacial score (nSPS) is 20.6. The number of rotatable bonds is 6. The Hall–Kier alpha value is -2.83. The zero-order valence-electron chi connectivity index (χ0n) is 17.3. The Morgan fingerprint density at radius 1 is 1.31 bits per heavy atom. The smallest absolute Gasteiger partial charge is 0.278 e. The van der Waals surface area contributed by atoms with E-state index in [9.17, 15) is 9.59 Å². The van der Waals surface area contributed by atoms with Crippen molar-refractivity contribution in [3.05, 3.63) is 45.4 Å². The van der Waals surface area contributed by atoms with Gasteiger partial charge in [0, 0.05) is 17.8 Å². The van der Waals surface area contributed by atoms with Crippen molar-refractivity contribution in [2.75, 3.05) is 12.3 Å². The van der Waals surface area contributed by atoms with Crippen LogP contribution in [0, 0.1) is 12.8 Å². The van der Waals surface area contributed by atoms with E-state index < -0.39 is 0 Å². The number of hydrogen-bond donors (Lipinski definition) is 3. The van der Waals surface area contributed by atoms with Crippen molar-refractivity contribution in [3.8, 4) is 0 Å². The van der Waals surface area contributed by atoms with Gasteiger partial charge in [-0.15, -0.1) is 0 Å². The Kier molecular flexibility index (Phi) is 6.25. The number of aromatic nitrogens is 1. The van der Waals surface area contributed by atoms with Crippen molar-refractivity contribution in [2.24, 2.45) is 16.6 Å². The fraction of sp³-hybridized carbons (Fsp3) is 0.500. The van der Waals surface area contributed by atoms with Crippen molar-refractivity contribution in [1.29, 1.82) is 0 Å². The Labute approximate surface area is 171 Å². The number of carbonyl (C=O) groups is 1. The third kappa shape index (κ3) is 4.13. The molecule has 1 aromatic heterocycles. The third-order valence-electron chi connectivity index (χ3n) is 6.09. The highest BCUT2D eigenvalue weighted by Crippen LogP contribution is 2.30. The van der Waals surface area contributed by atoms with Crippen LogP contribution >= 0.6 is 0 Å². The van der Waals surface area contributed by atoms with Crippen LogP contribution in [0.15, 0.2) is 33.6 Å². The van der Waals surface area contributed by atoms with E-state index >= 15 is 0 Å². The second-order valence-corrected chi connectivity index (χ2v) is 8.11. The lowest BCUT2D eigenvalue weighted by molar-refractivity contribution is -0.109. The molecule has 29 heavy (non-hydrogen) atoms. The average Bonchev–Trinajstić information content (AvgIpc) is 2.70. The topological polar surface area (TPSA) is 116 Å². The molecule has 7 heteroatoms. The molecular weight excluding hydrogens is 366 g/mol. The van der Waals surface area contributed by atoms with Crippen LogP contribution in [-0.2, 0) is 11.2 Å². The van der Waals surface area contributed by atoms with Gasteiger partial charge in [-0.25, -0.2) is 0 Å². The molecule has 1 unspecified atom stereocenters. The van der Waals surface area contributed by atoms with E-state index in [1.54, 1.807) is 0 Å². The first-order valence-corrected chi connectivity index (χ1v) is 10.3. The van der Waals surface area contributed by atoms with Crippen LogP contribution in [0.2, 0.25) is 0 Å². The maximum absolute atomic E-state index is 13.3. The number of nitrogen functional groups attached to an aromatic ring is 1. The first-order chi connectivity index (χ1) is 13.8. The summed E-state index contributed by atoms with van der Waals surface area (Å²) < 4.78 is 1.51. The summed E-state index contributed by atoms with van der Waals surface area (Å²) in [4.78, 5) is 28.6. The van der Waals surface area contributed by atoms with Gasteiger partial charge >= 0.3 is 0 Å². The van der Waals surface area contributed by atoms with Crippen molar-refractivity contribution < 1.29 is 4.79 Å². The van der Waals surface area contributed by atoms with E-state index in [2.05, 4.69) is 16.9 Å². The molecule has 1 saturated carbocycles. The van der Waals surface area contributed by atoms with Gasteiger partial charge < -0.3 is 16.8 Å². The van der Waals surface area contributed by atoms with Gasteiger partial charge in [-0.3, -0.25) is 19.1 Å². The van der Waals surface area contributed by atoms with E-state index in [0.29, 0.717) is 23.6 Å². The lowest BCUT2D eigenvalue weighted by Crippen LogP contribution is -2.37. The number of pyridine rings is 1. The number of nitrogens with zero attached hydrogens (tertiary/aromatic N) is 2. The Morgan fingerprint density at radius 3 is 2.66 bits per heavy atom. The van der Waals surface area contributed by atoms with Gasteiger partial charge in [0.25, 0.3) is 5.56 Å². The zero-order valence-corrected chi connectivity index (χ0v) is 17.3. The highest BCUT2D eigenvalue weighted by Gasteiger charge is 2.27. The van der Waals surface area contributed by atoms with E-state index in [-0.39, 0.29) is 29.7 Å². The highest BCUT2D eigenvalue weighted by atomic mass is 16.1. The van der Waals surface area contributed by atoms with E-state index in [0.717, 1.165) is 23.3 Å². The summed E-state index contributed by atoms with van der Waals surface area (Å²) in [5.41, 5.74) is 16.0. The molecule has 0 spiro atoms. The summed E-state index contributed by atoms with van der Waals surface area (Å²) in [6.45, 7) is 8.06. The number of dihydropyridines is 1. The van der Waals surface area contributed by atoms with E-state index in [1.165, 1.54) is 36.7 Å². The fourth-order valence-electron chi connectivity index (χ4n) is 4.46. The fourth-order valence-corrected chi connectivity index (χ4v) is 4.46. The molecule has 1 amide bonds. The Bertz CT molecular complexity index is 935. The number of aliphatic imine (C=N–C) groups is 1. The zero-order chi connectivity index (χ0) is 21.1. The van der Waals surface area contributed by atoms with Crippen LogP contribution in [0.4, 0.5) is 5.69 Å². The van der Waals surface area contributed by atoms with Crippen LogP contribution in [-0.4, -0.2) is 29.4 Å². The lowest BCUT2D eigenvalue weighted by atomic mass is 9.84. The number of hydrogen-bond acceptors (Lipinski definition) is 5. The van der Waals surface area contributed by atoms with Gasteiger partial charge in [0.1, 0.15) is 11.5 Å². The van der Waals surface area contributed by atoms with Crippen molar-refractivity contribution >= 4 is 23.6 Å². The summed E-state index contributed by atoms with van der Waals surface area (Å²) >= 11 is 0. The van der Waals surface area contributed by atoms with Gasteiger partial charge in [0.2, 0.25) is 6.41 Å². The Morgan fingerprint density at radius 2 is 2.00 bits per heavy atom. The molecule has 0 saturated heterocycles. The summed E-state index contributed by atoms with van der Waals surface area (Å²) in [5.74, 6) is 0.825. The van der Waals surface area contributed by atoms with Gasteiger partial charge in [0.15, 0.2) is 0 Å². The van der Waals surface area contributed by atoms with Gasteiger partial charge in [-0.2, -0.15) is 0 Å². The largest absolute Gasteiger partial charge is 0.394 e. The van der Waals surface area contributed by atoms with Crippen LogP contribution in [0.25, 0.3) is 5.70 Å². The highest BCUT2D eigenvalue weighted by molar-refractivity contribution is 6.19. The second kappa shape index (κ2) is 8.68. The average molecular weight is 398 g/mol. The van der Waals surface area contributed by atoms with Crippen LogP contribution in [0.1, 0.15) is 50.3 Å². The molecule has 7 nitrogen and oxygen atoms in total. The quantitative estimate of drug-likeness (QED) is 0.638. The molecule has 1 atom stereocenters. The maximum Gasteiger partial charge on any atom is 0.278 e. The second-order valence-electron chi connectivity index (χ2n) is 8.11. The predicted octanol–water partition coefficient (Wildman–Crippen LogP) is 2.13. The minimum absolute atomic E-state index is 0.216. The number of nitrogens with two attached hydrogens (primary N) is 2. The lowest BCUT2D eigenvalue weighted by Gasteiger charge is -2.28. The molecule has 0 radical (unpaired) electrons. The predicted molar refractivity (Wildman–Crippen MR) is 118 cm³/mol. The molecule has 0 aromatic carbocycles. The van der Waals surface area contributed by atoms with Crippen LogP contribution in [0.3, 0.4) is 0 Å².